The van der Waals surface area contributed by atoms with Crippen LogP contribution in [0.3, 0.4) is 0 Å². The number of thioether (sulfide) groups is 1. The topological polar surface area (TPSA) is 105 Å². The van der Waals surface area contributed by atoms with Crippen LogP contribution in [-0.2, 0) is 23.9 Å². The van der Waals surface area contributed by atoms with Gasteiger partial charge in [-0.25, -0.2) is 0 Å². The van der Waals surface area contributed by atoms with E-state index in [2.05, 4.69) is 10.6 Å². The zero-order valence-electron chi connectivity index (χ0n) is 18.1. The first-order chi connectivity index (χ1) is 15.3. The van der Waals surface area contributed by atoms with E-state index < -0.39 is 23.9 Å². The Kier molecular flexibility index (Phi) is 7.53. The van der Waals surface area contributed by atoms with Crippen LogP contribution >= 0.6 is 11.8 Å². The van der Waals surface area contributed by atoms with Crippen molar-refractivity contribution >= 4 is 52.5 Å². The lowest BCUT2D eigenvalue weighted by Gasteiger charge is -2.18. The van der Waals surface area contributed by atoms with E-state index in [1.54, 1.807) is 40.9 Å². The van der Waals surface area contributed by atoms with Gasteiger partial charge in [-0.2, -0.15) is 0 Å². The number of benzene rings is 2. The average molecular weight is 456 g/mol. The summed E-state index contributed by atoms with van der Waals surface area (Å²) in [5.74, 6) is -2.04. The van der Waals surface area contributed by atoms with Crippen LogP contribution in [0.25, 0.3) is 0 Å². The Balaban J connectivity index is 1.55. The summed E-state index contributed by atoms with van der Waals surface area (Å²) in [6.07, 6.45) is 0.970. The lowest BCUT2D eigenvalue weighted by molar-refractivity contribution is -0.157. The van der Waals surface area contributed by atoms with Crippen molar-refractivity contribution in [2.45, 2.75) is 31.3 Å². The second-order valence-electron chi connectivity index (χ2n) is 7.43. The molecule has 3 rings (SSSR count). The number of amides is 3. The fraction of sp³-hybridized carbons (Fsp3) is 0.304. The zero-order chi connectivity index (χ0) is 23.3. The number of hydrogen-bond donors (Lipinski definition) is 2. The van der Waals surface area contributed by atoms with Gasteiger partial charge >= 0.3 is 5.97 Å². The molecular formula is C23H25N3O5S. The van der Waals surface area contributed by atoms with Crippen molar-refractivity contribution in [1.29, 1.82) is 0 Å². The van der Waals surface area contributed by atoms with Crippen LogP contribution in [0.2, 0.25) is 0 Å². The van der Waals surface area contributed by atoms with Crippen LogP contribution in [0.1, 0.15) is 20.3 Å². The van der Waals surface area contributed by atoms with Gasteiger partial charge in [0, 0.05) is 41.8 Å². The van der Waals surface area contributed by atoms with Gasteiger partial charge in [0.2, 0.25) is 11.8 Å². The molecule has 0 saturated carbocycles. The molecular weight excluding hydrogens is 430 g/mol. The summed E-state index contributed by atoms with van der Waals surface area (Å²) < 4.78 is 5.33. The van der Waals surface area contributed by atoms with Gasteiger partial charge in [0.15, 0.2) is 6.10 Å². The molecule has 1 saturated heterocycles. The van der Waals surface area contributed by atoms with Crippen molar-refractivity contribution < 1.29 is 23.9 Å². The Morgan fingerprint density at radius 2 is 1.75 bits per heavy atom. The fourth-order valence-corrected chi connectivity index (χ4v) is 3.75. The molecule has 0 aliphatic carbocycles. The summed E-state index contributed by atoms with van der Waals surface area (Å²) in [6.45, 7) is 3.11. The molecule has 9 heteroatoms. The molecule has 0 spiro atoms. The van der Waals surface area contributed by atoms with E-state index in [-0.39, 0.29) is 24.8 Å². The third-order valence-electron chi connectivity index (χ3n) is 4.96. The summed E-state index contributed by atoms with van der Waals surface area (Å²) in [6, 6.07) is 14.1. The average Bonchev–Trinajstić information content (AvgIpc) is 3.16. The van der Waals surface area contributed by atoms with E-state index in [4.69, 9.17) is 4.74 Å². The minimum absolute atomic E-state index is 0.0429. The van der Waals surface area contributed by atoms with Crippen LogP contribution in [0, 0.1) is 5.92 Å². The third-order valence-corrected chi connectivity index (χ3v) is 5.68. The molecule has 0 unspecified atom stereocenters. The van der Waals surface area contributed by atoms with Crippen molar-refractivity contribution in [2.75, 3.05) is 28.3 Å². The third kappa shape index (κ3) is 5.88. The van der Waals surface area contributed by atoms with Crippen LogP contribution < -0.4 is 15.5 Å². The Morgan fingerprint density at radius 3 is 2.38 bits per heavy atom. The Morgan fingerprint density at radius 1 is 1.09 bits per heavy atom. The number of nitrogens with one attached hydrogen (secondary N) is 2. The first-order valence-corrected chi connectivity index (χ1v) is 11.3. The van der Waals surface area contributed by atoms with Crippen LogP contribution in [0.5, 0.6) is 0 Å². The molecule has 0 aromatic heterocycles. The summed E-state index contributed by atoms with van der Waals surface area (Å²) in [5, 5.41) is 5.30. The van der Waals surface area contributed by atoms with Gasteiger partial charge in [-0.1, -0.05) is 6.07 Å². The minimum Gasteiger partial charge on any atom is -0.452 e. The van der Waals surface area contributed by atoms with Gasteiger partial charge in [-0.05, 0) is 55.6 Å². The van der Waals surface area contributed by atoms with Crippen molar-refractivity contribution in [3.8, 4) is 0 Å². The van der Waals surface area contributed by atoms with Gasteiger partial charge in [0.1, 0.15) is 0 Å². The highest BCUT2D eigenvalue weighted by Crippen LogP contribution is 2.29. The molecule has 0 bridgehead atoms. The molecule has 0 radical (unpaired) electrons. The second-order valence-corrected chi connectivity index (χ2v) is 8.31. The highest BCUT2D eigenvalue weighted by atomic mass is 32.2. The number of esters is 1. The highest BCUT2D eigenvalue weighted by Gasteiger charge is 2.37. The normalized spacial score (nSPS) is 16.4. The number of hydrogen-bond acceptors (Lipinski definition) is 6. The monoisotopic (exact) mass is 455 g/mol. The number of nitrogens with zero attached hydrogens (tertiary/aromatic N) is 1. The van der Waals surface area contributed by atoms with Gasteiger partial charge in [0.05, 0.1) is 5.92 Å². The molecule has 8 nitrogen and oxygen atoms in total. The van der Waals surface area contributed by atoms with E-state index in [9.17, 15) is 19.2 Å². The van der Waals surface area contributed by atoms with Crippen molar-refractivity contribution in [2.24, 2.45) is 5.92 Å². The number of ether oxygens (including phenoxy) is 1. The highest BCUT2D eigenvalue weighted by molar-refractivity contribution is 7.98. The first-order valence-electron chi connectivity index (χ1n) is 10.1. The standard InChI is InChI=1S/C23H25N3O5S/c1-14(22(29)25-18-9-7-17(8-10-18)24-15(2)27)31-23(30)16-11-21(28)26(13-16)19-5-4-6-20(12-19)32-3/h4-10,12,14,16H,11,13H2,1-3H3,(H,24,27)(H,25,29)/t14-,16-/m0/s1. The number of rotatable bonds is 7. The Bertz CT molecular complexity index is 1020. The predicted molar refractivity (Wildman–Crippen MR) is 124 cm³/mol. The van der Waals surface area contributed by atoms with Gasteiger partial charge in [0.25, 0.3) is 5.91 Å². The number of carbonyl (C=O) groups excluding carboxylic acids is 4. The van der Waals surface area contributed by atoms with E-state index in [1.807, 2.05) is 30.5 Å². The second kappa shape index (κ2) is 10.3. The Hall–Kier alpha value is -3.33. The molecule has 32 heavy (non-hydrogen) atoms. The van der Waals surface area contributed by atoms with Gasteiger partial charge < -0.3 is 20.3 Å². The lowest BCUT2D eigenvalue weighted by Crippen LogP contribution is -2.33. The SMILES string of the molecule is CSc1cccc(N2C[C@@H](C(=O)O[C@@H](C)C(=O)Nc3ccc(NC(C)=O)cc3)CC2=O)c1. The predicted octanol–water partition coefficient (Wildman–Crippen LogP) is 3.29. The number of carbonyl (C=O) groups is 4. The van der Waals surface area contributed by atoms with E-state index in [1.165, 1.54) is 13.8 Å². The molecule has 2 atom stereocenters. The summed E-state index contributed by atoms with van der Waals surface area (Å²) in [7, 11) is 0. The van der Waals surface area contributed by atoms with Gasteiger partial charge in [-0.3, -0.25) is 19.2 Å². The first kappa shape index (κ1) is 23.3. The maximum Gasteiger partial charge on any atom is 0.312 e. The summed E-state index contributed by atoms with van der Waals surface area (Å²) >= 11 is 1.57. The van der Waals surface area contributed by atoms with Crippen LogP contribution in [0.4, 0.5) is 17.1 Å². The number of anilines is 3. The van der Waals surface area contributed by atoms with Crippen LogP contribution in [-0.4, -0.2) is 42.6 Å². The fourth-order valence-electron chi connectivity index (χ4n) is 3.30. The smallest absolute Gasteiger partial charge is 0.312 e. The van der Waals surface area contributed by atoms with Gasteiger partial charge in [-0.15, -0.1) is 11.8 Å². The zero-order valence-corrected chi connectivity index (χ0v) is 18.9. The largest absolute Gasteiger partial charge is 0.452 e. The maximum atomic E-state index is 12.6. The molecule has 1 heterocycles. The summed E-state index contributed by atoms with van der Waals surface area (Å²) in [5.41, 5.74) is 1.85. The maximum absolute atomic E-state index is 12.6. The molecule has 168 valence electrons. The molecule has 1 aliphatic rings. The minimum atomic E-state index is -1.03. The molecule has 2 aromatic rings. The quantitative estimate of drug-likeness (QED) is 0.490. The van der Waals surface area contributed by atoms with E-state index in [0.29, 0.717) is 11.4 Å². The van der Waals surface area contributed by atoms with E-state index in [0.717, 1.165) is 10.6 Å². The molecule has 1 aliphatic heterocycles. The molecule has 1 fully saturated rings. The lowest BCUT2D eigenvalue weighted by atomic mass is 10.1. The van der Waals surface area contributed by atoms with Crippen molar-refractivity contribution in [3.63, 3.8) is 0 Å². The van der Waals surface area contributed by atoms with Crippen molar-refractivity contribution in [1.82, 2.24) is 0 Å². The molecule has 2 N–H and O–H groups in total. The molecule has 2 aromatic carbocycles. The van der Waals surface area contributed by atoms with E-state index >= 15 is 0 Å². The Labute approximate surface area is 190 Å². The molecule has 3 amide bonds. The summed E-state index contributed by atoms with van der Waals surface area (Å²) in [4.78, 5) is 51.1. The van der Waals surface area contributed by atoms with Crippen molar-refractivity contribution in [3.05, 3.63) is 48.5 Å². The van der Waals surface area contributed by atoms with Crippen LogP contribution in [0.15, 0.2) is 53.4 Å².